The van der Waals surface area contributed by atoms with Crippen LogP contribution in [-0.4, -0.2) is 61.0 Å². The topological polar surface area (TPSA) is 74.4 Å². The summed E-state index contributed by atoms with van der Waals surface area (Å²) in [5, 5.41) is 3.45. The summed E-state index contributed by atoms with van der Waals surface area (Å²) in [6, 6.07) is 5.55. The number of nitrogens with one attached hydrogen (secondary N) is 2. The van der Waals surface area contributed by atoms with Gasteiger partial charge in [-0.2, -0.15) is 0 Å². The Bertz CT molecular complexity index is 722. The molecular formula is C16H18BrN3O3. The SMILES string of the molecule is O=C(NCCN1CCOCC1)C(=O)c1c[nH]c2cc(Br)ccc12. The van der Waals surface area contributed by atoms with Gasteiger partial charge in [-0.3, -0.25) is 14.5 Å². The number of aromatic amines is 1. The van der Waals surface area contributed by atoms with E-state index >= 15 is 0 Å². The monoisotopic (exact) mass is 379 g/mol. The molecule has 1 fully saturated rings. The number of Topliss-reactive ketones (excluding diaryl/α,β-unsaturated/α-hetero) is 1. The van der Waals surface area contributed by atoms with Gasteiger partial charge in [0.2, 0.25) is 0 Å². The molecular weight excluding hydrogens is 362 g/mol. The van der Waals surface area contributed by atoms with Crippen molar-refractivity contribution in [1.82, 2.24) is 15.2 Å². The number of hydrogen-bond acceptors (Lipinski definition) is 4. The Kier molecular flexibility index (Phi) is 5.09. The molecule has 0 atom stereocenters. The highest BCUT2D eigenvalue weighted by Crippen LogP contribution is 2.22. The third-order valence-electron chi connectivity index (χ3n) is 3.91. The van der Waals surface area contributed by atoms with Crippen LogP contribution in [0, 0.1) is 0 Å². The van der Waals surface area contributed by atoms with E-state index in [1.807, 2.05) is 18.2 Å². The zero-order chi connectivity index (χ0) is 16.2. The second kappa shape index (κ2) is 7.25. The lowest BCUT2D eigenvalue weighted by Crippen LogP contribution is -2.42. The average molecular weight is 380 g/mol. The van der Waals surface area contributed by atoms with Crippen molar-refractivity contribution >= 4 is 38.5 Å². The van der Waals surface area contributed by atoms with E-state index in [2.05, 4.69) is 31.1 Å². The van der Waals surface area contributed by atoms with Crippen LogP contribution in [0.1, 0.15) is 10.4 Å². The van der Waals surface area contributed by atoms with Crippen molar-refractivity contribution in [2.75, 3.05) is 39.4 Å². The highest BCUT2D eigenvalue weighted by atomic mass is 79.9. The molecule has 1 aliphatic rings. The summed E-state index contributed by atoms with van der Waals surface area (Å²) < 4.78 is 6.19. The number of halogens is 1. The smallest absolute Gasteiger partial charge is 0.292 e. The normalized spacial score (nSPS) is 15.7. The Labute approximate surface area is 142 Å². The number of hydrogen-bond donors (Lipinski definition) is 2. The van der Waals surface area contributed by atoms with Crippen LogP contribution in [0.2, 0.25) is 0 Å². The molecule has 6 nitrogen and oxygen atoms in total. The minimum Gasteiger partial charge on any atom is -0.379 e. The Morgan fingerprint density at radius 3 is 2.87 bits per heavy atom. The molecule has 0 aliphatic carbocycles. The predicted molar refractivity (Wildman–Crippen MR) is 90.6 cm³/mol. The van der Waals surface area contributed by atoms with Gasteiger partial charge in [0.25, 0.3) is 11.7 Å². The van der Waals surface area contributed by atoms with Crippen molar-refractivity contribution in [2.45, 2.75) is 0 Å². The molecule has 2 aromatic rings. The van der Waals surface area contributed by atoms with Crippen LogP contribution in [0.25, 0.3) is 10.9 Å². The number of carbonyl (C=O) groups excluding carboxylic acids is 2. The second-order valence-electron chi connectivity index (χ2n) is 5.43. The van der Waals surface area contributed by atoms with Crippen molar-refractivity contribution < 1.29 is 14.3 Å². The molecule has 23 heavy (non-hydrogen) atoms. The van der Waals surface area contributed by atoms with Crippen molar-refractivity contribution in [2.24, 2.45) is 0 Å². The van der Waals surface area contributed by atoms with Gasteiger partial charge in [0.15, 0.2) is 0 Å². The molecule has 7 heteroatoms. The number of ketones is 1. The minimum absolute atomic E-state index is 0.399. The first kappa shape index (κ1) is 16.2. The summed E-state index contributed by atoms with van der Waals surface area (Å²) in [7, 11) is 0. The predicted octanol–water partition coefficient (Wildman–Crippen LogP) is 1.56. The molecule has 2 N–H and O–H groups in total. The first-order chi connectivity index (χ1) is 11.1. The lowest BCUT2D eigenvalue weighted by Gasteiger charge is -2.26. The Morgan fingerprint density at radius 2 is 2.09 bits per heavy atom. The quantitative estimate of drug-likeness (QED) is 0.610. The fraction of sp³-hybridized carbons (Fsp3) is 0.375. The summed E-state index contributed by atoms with van der Waals surface area (Å²) in [6.45, 7) is 4.35. The molecule has 0 unspecified atom stereocenters. The molecule has 0 bridgehead atoms. The van der Waals surface area contributed by atoms with E-state index in [4.69, 9.17) is 4.74 Å². The van der Waals surface area contributed by atoms with Gasteiger partial charge >= 0.3 is 0 Å². The van der Waals surface area contributed by atoms with Crippen molar-refractivity contribution in [3.63, 3.8) is 0 Å². The molecule has 0 spiro atoms. The number of H-pyrrole nitrogens is 1. The Balaban J connectivity index is 1.59. The number of ether oxygens (including phenoxy) is 1. The van der Waals surface area contributed by atoms with Gasteiger partial charge in [0.05, 0.1) is 18.8 Å². The fourth-order valence-corrected chi connectivity index (χ4v) is 3.00. The van der Waals surface area contributed by atoms with Gasteiger partial charge in [0.1, 0.15) is 0 Å². The van der Waals surface area contributed by atoms with E-state index in [0.717, 1.165) is 48.2 Å². The lowest BCUT2D eigenvalue weighted by atomic mass is 10.1. The van der Waals surface area contributed by atoms with Gasteiger partial charge in [-0.05, 0) is 12.1 Å². The number of carbonyl (C=O) groups is 2. The molecule has 122 valence electrons. The number of nitrogens with zero attached hydrogens (tertiary/aromatic N) is 1. The van der Waals surface area contributed by atoms with E-state index in [1.54, 1.807) is 6.20 Å². The molecule has 1 aliphatic heterocycles. The third kappa shape index (κ3) is 3.80. The van der Waals surface area contributed by atoms with Crippen LogP contribution in [0.15, 0.2) is 28.9 Å². The summed E-state index contributed by atoms with van der Waals surface area (Å²) >= 11 is 3.38. The van der Waals surface area contributed by atoms with E-state index in [1.165, 1.54) is 0 Å². The van der Waals surface area contributed by atoms with Crippen molar-refractivity contribution in [3.8, 4) is 0 Å². The maximum atomic E-state index is 12.3. The number of morpholine rings is 1. The number of rotatable bonds is 5. The molecule has 0 radical (unpaired) electrons. The molecule has 3 rings (SSSR count). The third-order valence-corrected chi connectivity index (χ3v) is 4.41. The van der Waals surface area contributed by atoms with Crippen LogP contribution in [0.3, 0.4) is 0 Å². The molecule has 1 saturated heterocycles. The zero-order valence-electron chi connectivity index (χ0n) is 12.6. The fourth-order valence-electron chi connectivity index (χ4n) is 2.64. The number of amides is 1. The highest BCUT2D eigenvalue weighted by Gasteiger charge is 2.20. The van der Waals surface area contributed by atoms with Gasteiger partial charge in [-0.1, -0.05) is 22.0 Å². The van der Waals surface area contributed by atoms with Crippen molar-refractivity contribution in [3.05, 3.63) is 34.4 Å². The molecule has 2 heterocycles. The lowest BCUT2D eigenvalue weighted by molar-refractivity contribution is -0.117. The average Bonchev–Trinajstić information content (AvgIpc) is 2.98. The Morgan fingerprint density at radius 1 is 1.30 bits per heavy atom. The van der Waals surface area contributed by atoms with E-state index in [-0.39, 0.29) is 0 Å². The zero-order valence-corrected chi connectivity index (χ0v) is 14.2. The molecule has 0 saturated carbocycles. The van der Waals surface area contributed by atoms with E-state index in [0.29, 0.717) is 12.1 Å². The largest absolute Gasteiger partial charge is 0.379 e. The maximum Gasteiger partial charge on any atom is 0.292 e. The number of benzene rings is 1. The van der Waals surface area contributed by atoms with E-state index < -0.39 is 11.7 Å². The van der Waals surface area contributed by atoms with Crippen LogP contribution in [-0.2, 0) is 9.53 Å². The van der Waals surface area contributed by atoms with Gasteiger partial charge < -0.3 is 15.0 Å². The van der Waals surface area contributed by atoms with Crippen molar-refractivity contribution in [1.29, 1.82) is 0 Å². The molecule has 1 amide bonds. The van der Waals surface area contributed by atoms with Gasteiger partial charge in [-0.15, -0.1) is 0 Å². The van der Waals surface area contributed by atoms with Gasteiger partial charge in [0, 0.05) is 47.8 Å². The minimum atomic E-state index is -0.568. The maximum absolute atomic E-state index is 12.3. The first-order valence-corrected chi connectivity index (χ1v) is 8.34. The Hall–Kier alpha value is -1.70. The summed E-state index contributed by atoms with van der Waals surface area (Å²) in [6.07, 6.45) is 1.58. The highest BCUT2D eigenvalue weighted by molar-refractivity contribution is 9.10. The summed E-state index contributed by atoms with van der Waals surface area (Å²) in [5.41, 5.74) is 1.22. The summed E-state index contributed by atoms with van der Waals surface area (Å²) in [4.78, 5) is 29.6. The van der Waals surface area contributed by atoms with Crippen LogP contribution in [0.5, 0.6) is 0 Å². The van der Waals surface area contributed by atoms with Crippen LogP contribution >= 0.6 is 15.9 Å². The molecule has 1 aromatic carbocycles. The van der Waals surface area contributed by atoms with Crippen LogP contribution < -0.4 is 5.32 Å². The second-order valence-corrected chi connectivity index (χ2v) is 6.35. The standard InChI is InChI=1S/C16H18BrN3O3/c17-11-1-2-12-13(10-19-14(12)9-11)15(21)16(22)18-3-4-20-5-7-23-8-6-20/h1-2,9-10,19H,3-8H2,(H,18,22). The van der Waals surface area contributed by atoms with Crippen LogP contribution in [0.4, 0.5) is 0 Å². The number of fused-ring (bicyclic) bond motifs is 1. The molecule has 1 aromatic heterocycles. The first-order valence-electron chi connectivity index (χ1n) is 7.54. The van der Waals surface area contributed by atoms with E-state index in [9.17, 15) is 9.59 Å². The summed E-state index contributed by atoms with van der Waals surface area (Å²) in [5.74, 6) is -1.08. The number of aromatic nitrogens is 1. The van der Waals surface area contributed by atoms with Gasteiger partial charge in [-0.25, -0.2) is 0 Å².